The van der Waals surface area contributed by atoms with Crippen LogP contribution in [-0.4, -0.2) is 16.8 Å². The van der Waals surface area contributed by atoms with Crippen molar-refractivity contribution in [2.75, 3.05) is 5.75 Å². The van der Waals surface area contributed by atoms with Gasteiger partial charge in [-0.15, -0.1) is 11.8 Å². The molecule has 1 unspecified atom stereocenters. The molecule has 0 spiro atoms. The van der Waals surface area contributed by atoms with Gasteiger partial charge in [0.2, 0.25) is 0 Å². The summed E-state index contributed by atoms with van der Waals surface area (Å²) in [5.41, 5.74) is 0. The lowest BCUT2D eigenvalue weighted by Crippen LogP contribution is -1.92. The largest absolute Gasteiger partial charge is 0.462 e. The summed E-state index contributed by atoms with van der Waals surface area (Å²) in [7, 11) is 0. The van der Waals surface area contributed by atoms with Gasteiger partial charge in [0.15, 0.2) is 5.76 Å². The summed E-state index contributed by atoms with van der Waals surface area (Å²) in [5.74, 6) is 1.98. The molecule has 3 heteroatoms. The number of aliphatic imine (C=N–C) groups is 1. The van der Waals surface area contributed by atoms with Gasteiger partial charge in [0.25, 0.3) is 0 Å². The van der Waals surface area contributed by atoms with Crippen LogP contribution in [0.4, 0.5) is 0 Å². The fourth-order valence-electron chi connectivity index (χ4n) is 1.01. The van der Waals surface area contributed by atoms with Crippen molar-refractivity contribution in [3.05, 3.63) is 24.2 Å². The van der Waals surface area contributed by atoms with E-state index >= 15 is 0 Å². The molecule has 0 aliphatic carbocycles. The second-order valence-corrected chi connectivity index (χ2v) is 3.58. The zero-order valence-electron chi connectivity index (χ0n) is 6.28. The summed E-state index contributed by atoms with van der Waals surface area (Å²) in [6.07, 6.45) is 1.68. The third kappa shape index (κ3) is 1.33. The maximum absolute atomic E-state index is 5.21. The van der Waals surface area contributed by atoms with E-state index in [0.29, 0.717) is 6.04 Å². The average molecular weight is 167 g/mol. The molecule has 2 nitrogen and oxygen atoms in total. The molecule has 0 amide bonds. The number of nitrogens with zero attached hydrogens (tertiary/aromatic N) is 1. The Kier molecular flexibility index (Phi) is 1.74. The molecule has 1 aliphatic heterocycles. The van der Waals surface area contributed by atoms with Crippen molar-refractivity contribution in [1.82, 2.24) is 0 Å². The minimum absolute atomic E-state index is 0.445. The van der Waals surface area contributed by atoms with Crippen molar-refractivity contribution in [3.8, 4) is 0 Å². The number of furan rings is 1. The van der Waals surface area contributed by atoms with E-state index in [0.717, 1.165) is 16.6 Å². The molecule has 1 atom stereocenters. The molecule has 11 heavy (non-hydrogen) atoms. The highest BCUT2D eigenvalue weighted by Crippen LogP contribution is 2.22. The molecular weight excluding hydrogens is 158 g/mol. The van der Waals surface area contributed by atoms with E-state index in [4.69, 9.17) is 4.42 Å². The average Bonchev–Trinajstić information content (AvgIpc) is 2.55. The molecular formula is C8H9NOS. The molecule has 1 aromatic heterocycles. The summed E-state index contributed by atoms with van der Waals surface area (Å²) < 4.78 is 5.21. The van der Waals surface area contributed by atoms with Gasteiger partial charge in [0.05, 0.1) is 12.3 Å². The van der Waals surface area contributed by atoms with Gasteiger partial charge in [0, 0.05) is 5.75 Å². The lowest BCUT2D eigenvalue weighted by molar-refractivity contribution is 0.559. The van der Waals surface area contributed by atoms with Gasteiger partial charge in [-0.2, -0.15) is 0 Å². The van der Waals surface area contributed by atoms with Gasteiger partial charge in [-0.1, -0.05) is 0 Å². The highest BCUT2D eigenvalue weighted by atomic mass is 32.2. The van der Waals surface area contributed by atoms with Crippen LogP contribution in [0, 0.1) is 0 Å². The number of rotatable bonds is 1. The van der Waals surface area contributed by atoms with Gasteiger partial charge in [-0.05, 0) is 19.1 Å². The van der Waals surface area contributed by atoms with Gasteiger partial charge in [-0.25, -0.2) is 0 Å². The number of thioether (sulfide) groups is 1. The topological polar surface area (TPSA) is 25.5 Å². The minimum atomic E-state index is 0.445. The van der Waals surface area contributed by atoms with Crippen LogP contribution in [0.5, 0.6) is 0 Å². The Labute approximate surface area is 69.7 Å². The van der Waals surface area contributed by atoms with E-state index in [9.17, 15) is 0 Å². The molecule has 0 saturated heterocycles. The van der Waals surface area contributed by atoms with Crippen LogP contribution in [0.15, 0.2) is 27.8 Å². The third-order valence-corrected chi connectivity index (χ3v) is 2.76. The van der Waals surface area contributed by atoms with Crippen molar-refractivity contribution < 1.29 is 4.42 Å². The molecule has 0 radical (unpaired) electrons. The first-order valence-electron chi connectivity index (χ1n) is 3.61. The van der Waals surface area contributed by atoms with Crippen LogP contribution >= 0.6 is 11.8 Å². The minimum Gasteiger partial charge on any atom is -0.462 e. The van der Waals surface area contributed by atoms with Gasteiger partial charge in [0.1, 0.15) is 5.04 Å². The molecule has 0 N–H and O–H groups in total. The monoisotopic (exact) mass is 167 g/mol. The van der Waals surface area contributed by atoms with Crippen molar-refractivity contribution in [3.63, 3.8) is 0 Å². The number of hydrogen-bond donors (Lipinski definition) is 0. The van der Waals surface area contributed by atoms with Crippen molar-refractivity contribution >= 4 is 16.8 Å². The van der Waals surface area contributed by atoms with Gasteiger partial charge < -0.3 is 4.42 Å². The van der Waals surface area contributed by atoms with E-state index in [2.05, 4.69) is 11.9 Å². The summed E-state index contributed by atoms with van der Waals surface area (Å²) in [4.78, 5) is 4.42. The SMILES string of the molecule is CC1CSC(c2ccco2)=N1. The van der Waals surface area contributed by atoms with Crippen molar-refractivity contribution in [2.45, 2.75) is 13.0 Å². The van der Waals surface area contributed by atoms with Gasteiger partial charge in [-0.3, -0.25) is 4.99 Å². The molecule has 0 bridgehead atoms. The number of hydrogen-bond acceptors (Lipinski definition) is 3. The van der Waals surface area contributed by atoms with Crippen LogP contribution in [-0.2, 0) is 0 Å². The Bertz CT molecular complexity index is 266. The Balaban J connectivity index is 2.25. The predicted molar refractivity (Wildman–Crippen MR) is 47.2 cm³/mol. The Hall–Kier alpha value is -0.700. The summed E-state index contributed by atoms with van der Waals surface area (Å²) in [5, 5.41) is 1.04. The van der Waals surface area contributed by atoms with Gasteiger partial charge >= 0.3 is 0 Å². The predicted octanol–water partition coefficient (Wildman–Crippen LogP) is 2.16. The van der Waals surface area contributed by atoms with Crippen LogP contribution in [0.25, 0.3) is 0 Å². The normalized spacial score (nSPS) is 23.7. The first kappa shape index (κ1) is 6.98. The fraction of sp³-hybridized carbons (Fsp3) is 0.375. The Morgan fingerprint density at radius 3 is 3.18 bits per heavy atom. The van der Waals surface area contributed by atoms with Crippen LogP contribution in [0.1, 0.15) is 12.7 Å². The van der Waals surface area contributed by atoms with E-state index in [1.54, 1.807) is 18.0 Å². The molecule has 58 valence electrons. The van der Waals surface area contributed by atoms with E-state index < -0.39 is 0 Å². The van der Waals surface area contributed by atoms with Crippen LogP contribution in [0.2, 0.25) is 0 Å². The maximum Gasteiger partial charge on any atom is 0.158 e. The molecule has 1 aliphatic rings. The zero-order chi connectivity index (χ0) is 7.68. The lowest BCUT2D eigenvalue weighted by atomic mass is 10.4. The third-order valence-electron chi connectivity index (χ3n) is 1.53. The molecule has 2 rings (SSSR count). The Morgan fingerprint density at radius 1 is 1.73 bits per heavy atom. The summed E-state index contributed by atoms with van der Waals surface area (Å²) in [6.45, 7) is 2.11. The maximum atomic E-state index is 5.21. The Morgan fingerprint density at radius 2 is 2.64 bits per heavy atom. The van der Waals surface area contributed by atoms with E-state index in [1.165, 1.54) is 0 Å². The first-order chi connectivity index (χ1) is 5.36. The summed E-state index contributed by atoms with van der Waals surface area (Å²) in [6, 6.07) is 4.28. The first-order valence-corrected chi connectivity index (χ1v) is 4.59. The van der Waals surface area contributed by atoms with Crippen molar-refractivity contribution in [2.24, 2.45) is 4.99 Å². The smallest absolute Gasteiger partial charge is 0.158 e. The van der Waals surface area contributed by atoms with E-state index in [1.807, 2.05) is 12.1 Å². The lowest BCUT2D eigenvalue weighted by Gasteiger charge is -1.89. The summed E-state index contributed by atoms with van der Waals surface area (Å²) >= 11 is 1.76. The highest BCUT2D eigenvalue weighted by molar-refractivity contribution is 8.14. The van der Waals surface area contributed by atoms with Crippen molar-refractivity contribution in [1.29, 1.82) is 0 Å². The second-order valence-electron chi connectivity index (χ2n) is 2.57. The van der Waals surface area contributed by atoms with Crippen LogP contribution < -0.4 is 0 Å². The van der Waals surface area contributed by atoms with Crippen LogP contribution in [0.3, 0.4) is 0 Å². The highest BCUT2D eigenvalue weighted by Gasteiger charge is 2.16. The molecule has 0 saturated carbocycles. The molecule has 1 aromatic rings. The zero-order valence-corrected chi connectivity index (χ0v) is 7.10. The fourth-order valence-corrected chi connectivity index (χ4v) is 2.00. The molecule has 2 heterocycles. The quantitative estimate of drug-likeness (QED) is 0.640. The standard InChI is InChI=1S/C8H9NOS/c1-6-5-11-8(9-6)7-3-2-4-10-7/h2-4,6H,5H2,1H3. The molecule has 0 fully saturated rings. The van der Waals surface area contributed by atoms with E-state index in [-0.39, 0.29) is 0 Å². The second kappa shape index (κ2) is 2.74. The molecule has 0 aromatic carbocycles.